The fourth-order valence-electron chi connectivity index (χ4n) is 0.968. The zero-order valence-electron chi connectivity index (χ0n) is 6.07. The molecule has 0 aromatic heterocycles. The second-order valence-electron chi connectivity index (χ2n) is 3.42. The Balaban J connectivity index is 2.37. The minimum Gasteiger partial charge on any atom is -0.0649 e. The summed E-state index contributed by atoms with van der Waals surface area (Å²) in [4.78, 5) is 0. The topological polar surface area (TPSA) is 0 Å². The molecule has 0 N–H and O–H groups in total. The molecule has 1 rings (SSSR count). The normalized spacial score (nSPS) is 21.4. The van der Waals surface area contributed by atoms with Gasteiger partial charge in [0, 0.05) is 0 Å². The summed E-state index contributed by atoms with van der Waals surface area (Å²) in [6.07, 6.45) is 5.08. The van der Waals surface area contributed by atoms with Crippen LogP contribution >= 0.6 is 0 Å². The molecule has 0 aliphatic heterocycles. The van der Waals surface area contributed by atoms with Crippen molar-refractivity contribution in [3.8, 4) is 0 Å². The van der Waals surface area contributed by atoms with Crippen LogP contribution in [0.5, 0.6) is 0 Å². The molecule has 1 fully saturated rings. The molecular formula is C8H15. The van der Waals surface area contributed by atoms with E-state index in [2.05, 4.69) is 27.2 Å². The summed E-state index contributed by atoms with van der Waals surface area (Å²) in [7, 11) is 0. The average molecular weight is 111 g/mol. The SMILES string of the molecule is CCC(C)(C)C1[CH]C1. The van der Waals surface area contributed by atoms with Crippen LogP contribution in [-0.4, -0.2) is 0 Å². The van der Waals surface area contributed by atoms with E-state index in [1.165, 1.54) is 12.8 Å². The van der Waals surface area contributed by atoms with E-state index in [0.717, 1.165) is 5.92 Å². The Morgan fingerprint density at radius 1 is 1.62 bits per heavy atom. The summed E-state index contributed by atoms with van der Waals surface area (Å²) >= 11 is 0. The fourth-order valence-corrected chi connectivity index (χ4v) is 0.968. The monoisotopic (exact) mass is 111 g/mol. The van der Waals surface area contributed by atoms with Crippen molar-refractivity contribution >= 4 is 0 Å². The maximum absolute atomic E-state index is 2.41. The Labute approximate surface area is 52.3 Å². The molecule has 0 bridgehead atoms. The van der Waals surface area contributed by atoms with Crippen LogP contribution in [0.1, 0.15) is 33.6 Å². The summed E-state index contributed by atoms with van der Waals surface area (Å²) in [5.74, 6) is 0.937. The molecule has 0 heteroatoms. The molecule has 0 heterocycles. The van der Waals surface area contributed by atoms with Crippen LogP contribution in [0.25, 0.3) is 0 Å². The van der Waals surface area contributed by atoms with Gasteiger partial charge in [-0.2, -0.15) is 0 Å². The van der Waals surface area contributed by atoms with Crippen molar-refractivity contribution in [3.63, 3.8) is 0 Å². The molecule has 0 saturated heterocycles. The molecule has 1 unspecified atom stereocenters. The standard InChI is InChI=1S/C8H15/c1-4-8(2,3)7-5-6-7/h5,7H,4,6H2,1-3H3. The van der Waals surface area contributed by atoms with Gasteiger partial charge in [-0.25, -0.2) is 0 Å². The summed E-state index contributed by atoms with van der Waals surface area (Å²) in [6, 6.07) is 0. The lowest BCUT2D eigenvalue weighted by atomic mass is 9.85. The largest absolute Gasteiger partial charge is 0.0649 e. The molecule has 0 nitrogen and oxygen atoms in total. The smallest absolute Gasteiger partial charge is 0.0326 e. The zero-order chi connectivity index (χ0) is 6.20. The molecule has 1 radical (unpaired) electrons. The number of hydrogen-bond donors (Lipinski definition) is 0. The van der Waals surface area contributed by atoms with Crippen LogP contribution in [0.4, 0.5) is 0 Å². The fraction of sp³-hybridized carbons (Fsp3) is 0.875. The van der Waals surface area contributed by atoms with E-state index in [1.807, 2.05) is 0 Å². The molecule has 1 aliphatic carbocycles. The predicted molar refractivity (Wildman–Crippen MR) is 36.5 cm³/mol. The lowest BCUT2D eigenvalue weighted by Crippen LogP contribution is -2.11. The molecule has 47 valence electrons. The minimum atomic E-state index is 0.597. The van der Waals surface area contributed by atoms with Crippen LogP contribution in [0.2, 0.25) is 0 Å². The third-order valence-corrected chi connectivity index (χ3v) is 2.39. The van der Waals surface area contributed by atoms with E-state index in [-0.39, 0.29) is 0 Å². The summed E-state index contributed by atoms with van der Waals surface area (Å²) in [6.45, 7) is 6.97. The Hall–Kier alpha value is 0. The van der Waals surface area contributed by atoms with Crippen molar-refractivity contribution < 1.29 is 0 Å². The van der Waals surface area contributed by atoms with Crippen molar-refractivity contribution in [1.29, 1.82) is 0 Å². The van der Waals surface area contributed by atoms with Gasteiger partial charge in [0.25, 0.3) is 0 Å². The maximum Gasteiger partial charge on any atom is -0.0326 e. The van der Waals surface area contributed by atoms with Gasteiger partial charge in [-0.15, -0.1) is 0 Å². The average Bonchev–Trinajstić information content (AvgIpc) is 2.44. The van der Waals surface area contributed by atoms with E-state index >= 15 is 0 Å². The number of hydrogen-bond acceptors (Lipinski definition) is 0. The quantitative estimate of drug-likeness (QED) is 0.514. The zero-order valence-corrected chi connectivity index (χ0v) is 6.07. The van der Waals surface area contributed by atoms with E-state index < -0.39 is 0 Å². The predicted octanol–water partition coefficient (Wildman–Crippen LogP) is 2.65. The van der Waals surface area contributed by atoms with Gasteiger partial charge < -0.3 is 0 Å². The van der Waals surface area contributed by atoms with Crippen LogP contribution in [0, 0.1) is 17.8 Å². The summed E-state index contributed by atoms with van der Waals surface area (Å²) in [5.41, 5.74) is 0.597. The lowest BCUT2D eigenvalue weighted by Gasteiger charge is -2.20. The van der Waals surface area contributed by atoms with Gasteiger partial charge in [0.2, 0.25) is 0 Å². The lowest BCUT2D eigenvalue weighted by molar-refractivity contribution is 0.307. The van der Waals surface area contributed by atoms with Gasteiger partial charge in [-0.1, -0.05) is 27.2 Å². The Morgan fingerprint density at radius 3 is 2.25 bits per heavy atom. The second kappa shape index (κ2) is 1.75. The summed E-state index contributed by atoms with van der Waals surface area (Å²) in [5, 5.41) is 0. The molecule has 0 aromatic rings. The Morgan fingerprint density at radius 2 is 2.12 bits per heavy atom. The van der Waals surface area contributed by atoms with Crippen molar-refractivity contribution in [2.45, 2.75) is 33.6 Å². The first-order chi connectivity index (χ1) is 3.67. The van der Waals surface area contributed by atoms with Crippen LogP contribution in [-0.2, 0) is 0 Å². The molecule has 0 aromatic carbocycles. The molecular weight excluding hydrogens is 96.1 g/mol. The number of rotatable bonds is 2. The van der Waals surface area contributed by atoms with Crippen LogP contribution < -0.4 is 0 Å². The van der Waals surface area contributed by atoms with Gasteiger partial charge in [0.1, 0.15) is 0 Å². The highest BCUT2D eigenvalue weighted by Crippen LogP contribution is 2.45. The van der Waals surface area contributed by atoms with E-state index in [4.69, 9.17) is 0 Å². The highest BCUT2D eigenvalue weighted by Gasteiger charge is 2.36. The van der Waals surface area contributed by atoms with E-state index in [0.29, 0.717) is 5.41 Å². The van der Waals surface area contributed by atoms with Gasteiger partial charge in [0.15, 0.2) is 0 Å². The first kappa shape index (κ1) is 6.12. The van der Waals surface area contributed by atoms with Gasteiger partial charge in [-0.3, -0.25) is 0 Å². The van der Waals surface area contributed by atoms with E-state index in [1.54, 1.807) is 0 Å². The summed E-state index contributed by atoms with van der Waals surface area (Å²) < 4.78 is 0. The molecule has 0 spiro atoms. The highest BCUT2D eigenvalue weighted by molar-refractivity contribution is 5.02. The van der Waals surface area contributed by atoms with Crippen LogP contribution in [0.3, 0.4) is 0 Å². The van der Waals surface area contributed by atoms with Crippen molar-refractivity contribution in [3.05, 3.63) is 6.42 Å². The highest BCUT2D eigenvalue weighted by atomic mass is 14.4. The maximum atomic E-state index is 2.41. The minimum absolute atomic E-state index is 0.597. The van der Waals surface area contributed by atoms with Crippen molar-refractivity contribution in [1.82, 2.24) is 0 Å². The first-order valence-electron chi connectivity index (χ1n) is 3.50. The Bertz CT molecular complexity index is 78.0. The molecule has 8 heavy (non-hydrogen) atoms. The first-order valence-corrected chi connectivity index (χ1v) is 3.50. The van der Waals surface area contributed by atoms with Gasteiger partial charge in [0.05, 0.1) is 0 Å². The van der Waals surface area contributed by atoms with Crippen LogP contribution in [0.15, 0.2) is 0 Å². The Kier molecular flexibility index (Phi) is 1.34. The van der Waals surface area contributed by atoms with Gasteiger partial charge >= 0.3 is 0 Å². The molecule has 1 atom stereocenters. The van der Waals surface area contributed by atoms with Gasteiger partial charge in [-0.05, 0) is 24.2 Å². The molecule has 1 aliphatic rings. The third kappa shape index (κ3) is 1.04. The second-order valence-corrected chi connectivity index (χ2v) is 3.42. The van der Waals surface area contributed by atoms with Crippen molar-refractivity contribution in [2.24, 2.45) is 11.3 Å². The van der Waals surface area contributed by atoms with E-state index in [9.17, 15) is 0 Å². The third-order valence-electron chi connectivity index (χ3n) is 2.39. The molecule has 0 amide bonds. The van der Waals surface area contributed by atoms with Crippen molar-refractivity contribution in [2.75, 3.05) is 0 Å². The molecule has 1 saturated carbocycles.